The van der Waals surface area contributed by atoms with Gasteiger partial charge in [-0.2, -0.15) is 4.98 Å². The molecule has 3 rings (SSSR count). The minimum absolute atomic E-state index is 0.0164. The second-order valence-electron chi connectivity index (χ2n) is 5.77. The predicted molar refractivity (Wildman–Crippen MR) is 93.4 cm³/mol. The number of nitrogens with one attached hydrogen (secondary N) is 1. The average Bonchev–Trinajstić information content (AvgIpc) is 3.06. The van der Waals surface area contributed by atoms with Crippen molar-refractivity contribution in [2.75, 3.05) is 4.72 Å². The van der Waals surface area contributed by atoms with E-state index in [4.69, 9.17) is 10.3 Å². The summed E-state index contributed by atoms with van der Waals surface area (Å²) in [6, 6.07) is 11.0. The van der Waals surface area contributed by atoms with Gasteiger partial charge < -0.3 is 10.3 Å². The fourth-order valence-corrected chi connectivity index (χ4v) is 3.28. The van der Waals surface area contributed by atoms with Crippen LogP contribution in [0, 0.1) is 5.82 Å². The molecule has 0 amide bonds. The Labute approximate surface area is 150 Å². The van der Waals surface area contributed by atoms with Crippen molar-refractivity contribution in [3.63, 3.8) is 0 Å². The van der Waals surface area contributed by atoms with Gasteiger partial charge in [-0.05, 0) is 48.9 Å². The minimum Gasteiger partial charge on any atom is -0.339 e. The van der Waals surface area contributed by atoms with Crippen LogP contribution >= 0.6 is 0 Å². The van der Waals surface area contributed by atoms with Gasteiger partial charge in [-0.1, -0.05) is 17.3 Å². The molecule has 1 aromatic heterocycles. The van der Waals surface area contributed by atoms with Crippen LogP contribution in [0.3, 0.4) is 0 Å². The summed E-state index contributed by atoms with van der Waals surface area (Å²) in [5.74, 6) is 0.363. The highest BCUT2D eigenvalue weighted by Crippen LogP contribution is 2.18. The first-order chi connectivity index (χ1) is 12.3. The van der Waals surface area contributed by atoms with Gasteiger partial charge in [-0.25, -0.2) is 12.8 Å². The molecule has 3 aromatic rings. The second kappa shape index (κ2) is 7.22. The number of nitrogens with two attached hydrogens (primary N) is 1. The van der Waals surface area contributed by atoms with Crippen molar-refractivity contribution >= 4 is 15.7 Å². The fraction of sp³-hybridized carbons (Fsp3) is 0.176. The van der Waals surface area contributed by atoms with E-state index < -0.39 is 15.8 Å². The monoisotopic (exact) mass is 376 g/mol. The molecule has 1 heterocycles. The lowest BCUT2D eigenvalue weighted by Crippen LogP contribution is -2.12. The van der Waals surface area contributed by atoms with Gasteiger partial charge in [0.05, 0.1) is 17.4 Å². The summed E-state index contributed by atoms with van der Waals surface area (Å²) in [6.07, 6.45) is 0.407. The van der Waals surface area contributed by atoms with Crippen molar-refractivity contribution < 1.29 is 17.3 Å². The molecule has 0 fully saturated rings. The molecule has 0 aliphatic rings. The van der Waals surface area contributed by atoms with E-state index >= 15 is 0 Å². The Morgan fingerprint density at radius 2 is 1.81 bits per heavy atom. The maximum absolute atomic E-state index is 12.9. The maximum Gasteiger partial charge on any atom is 0.261 e. The van der Waals surface area contributed by atoms with E-state index in [0.717, 1.165) is 17.7 Å². The molecule has 26 heavy (non-hydrogen) atoms. The first-order valence-corrected chi connectivity index (χ1v) is 9.27. The predicted octanol–water partition coefficient (Wildman–Crippen LogP) is 2.62. The van der Waals surface area contributed by atoms with Gasteiger partial charge in [-0.15, -0.1) is 0 Å². The zero-order chi connectivity index (χ0) is 18.7. The molecule has 0 radical (unpaired) electrons. The molecule has 2 aromatic carbocycles. The Hall–Kier alpha value is -2.78. The summed E-state index contributed by atoms with van der Waals surface area (Å²) < 4.78 is 45.1. The number of benzene rings is 2. The van der Waals surface area contributed by atoms with Crippen LogP contribution in [-0.2, 0) is 16.4 Å². The lowest BCUT2D eigenvalue weighted by Gasteiger charge is -2.08. The number of hydrogen-bond acceptors (Lipinski definition) is 6. The fourth-order valence-electron chi connectivity index (χ4n) is 2.22. The number of rotatable bonds is 6. The average molecular weight is 376 g/mol. The third-order valence-corrected chi connectivity index (χ3v) is 4.97. The van der Waals surface area contributed by atoms with Gasteiger partial charge in [0.15, 0.2) is 5.82 Å². The topological polar surface area (TPSA) is 111 Å². The number of sulfonamides is 1. The molecule has 0 aliphatic heterocycles. The molecule has 0 spiro atoms. The Kier molecular flexibility index (Phi) is 5.01. The third kappa shape index (κ3) is 4.24. The van der Waals surface area contributed by atoms with Crippen molar-refractivity contribution in [1.82, 2.24) is 10.1 Å². The van der Waals surface area contributed by atoms with Crippen LogP contribution in [0.5, 0.6) is 0 Å². The Morgan fingerprint density at radius 1 is 1.15 bits per heavy atom. The number of anilines is 1. The standard InChI is InChI=1S/C17H17FN4O3S/c1-11(19)17-20-16(25-21-17)10-12-2-6-14(7-3-12)22-26(23,24)15-8-4-13(18)5-9-15/h2-9,11,22H,10,19H2,1H3. The van der Waals surface area contributed by atoms with E-state index in [2.05, 4.69) is 14.9 Å². The molecule has 7 nitrogen and oxygen atoms in total. The molecule has 9 heteroatoms. The molecule has 0 bridgehead atoms. The van der Waals surface area contributed by atoms with Crippen LogP contribution in [0.2, 0.25) is 0 Å². The number of nitrogens with zero attached hydrogens (tertiary/aromatic N) is 2. The van der Waals surface area contributed by atoms with Gasteiger partial charge in [0.25, 0.3) is 10.0 Å². The van der Waals surface area contributed by atoms with Gasteiger partial charge in [0.1, 0.15) is 5.82 Å². The molecule has 0 aliphatic carbocycles. The van der Waals surface area contributed by atoms with Crippen LogP contribution < -0.4 is 10.5 Å². The van der Waals surface area contributed by atoms with Crippen LogP contribution in [-0.4, -0.2) is 18.6 Å². The van der Waals surface area contributed by atoms with Crippen molar-refractivity contribution in [1.29, 1.82) is 0 Å². The minimum atomic E-state index is -3.78. The van der Waals surface area contributed by atoms with Crippen LogP contribution in [0.25, 0.3) is 0 Å². The zero-order valence-electron chi connectivity index (χ0n) is 13.9. The van der Waals surface area contributed by atoms with Crippen molar-refractivity contribution in [3.05, 3.63) is 71.6 Å². The molecule has 136 valence electrons. The number of hydrogen-bond donors (Lipinski definition) is 2. The highest BCUT2D eigenvalue weighted by molar-refractivity contribution is 7.92. The lowest BCUT2D eigenvalue weighted by molar-refractivity contribution is 0.377. The number of halogens is 1. The molecule has 3 N–H and O–H groups in total. The van der Waals surface area contributed by atoms with Gasteiger partial charge in [0.2, 0.25) is 5.89 Å². The summed E-state index contributed by atoms with van der Waals surface area (Å²) >= 11 is 0. The van der Waals surface area contributed by atoms with E-state index in [9.17, 15) is 12.8 Å². The van der Waals surface area contributed by atoms with Crippen LogP contribution in [0.1, 0.15) is 30.2 Å². The van der Waals surface area contributed by atoms with Gasteiger partial charge >= 0.3 is 0 Å². The normalized spacial score (nSPS) is 12.7. The summed E-state index contributed by atoms with van der Waals surface area (Å²) in [5, 5.41) is 3.79. The van der Waals surface area contributed by atoms with E-state index in [-0.39, 0.29) is 10.9 Å². The highest BCUT2D eigenvalue weighted by atomic mass is 32.2. The first-order valence-electron chi connectivity index (χ1n) is 7.79. The summed E-state index contributed by atoms with van der Waals surface area (Å²) in [7, 11) is -3.78. The van der Waals surface area contributed by atoms with Crippen molar-refractivity contribution in [2.24, 2.45) is 5.73 Å². The number of aromatic nitrogens is 2. The summed E-state index contributed by atoms with van der Waals surface area (Å²) in [4.78, 5) is 4.17. The Morgan fingerprint density at radius 3 is 2.38 bits per heavy atom. The summed E-state index contributed by atoms with van der Waals surface area (Å²) in [6.45, 7) is 1.76. The molecular formula is C17H17FN4O3S. The Balaban J connectivity index is 1.70. The maximum atomic E-state index is 12.9. The van der Waals surface area contributed by atoms with Crippen LogP contribution in [0.15, 0.2) is 57.9 Å². The first kappa shape index (κ1) is 18.0. The lowest BCUT2D eigenvalue weighted by atomic mass is 10.1. The Bertz CT molecular complexity index is 984. The third-order valence-electron chi connectivity index (χ3n) is 3.58. The van der Waals surface area contributed by atoms with Gasteiger partial charge in [0, 0.05) is 5.69 Å². The smallest absolute Gasteiger partial charge is 0.261 e. The highest BCUT2D eigenvalue weighted by Gasteiger charge is 2.14. The summed E-state index contributed by atoms with van der Waals surface area (Å²) in [5.41, 5.74) is 6.94. The molecule has 0 saturated carbocycles. The quantitative estimate of drug-likeness (QED) is 0.684. The van der Waals surface area contributed by atoms with Crippen LogP contribution in [0.4, 0.5) is 10.1 Å². The molecule has 1 atom stereocenters. The van der Waals surface area contributed by atoms with Crippen molar-refractivity contribution in [3.8, 4) is 0 Å². The van der Waals surface area contributed by atoms with E-state index in [1.54, 1.807) is 31.2 Å². The SMILES string of the molecule is CC(N)c1noc(Cc2ccc(NS(=O)(=O)c3ccc(F)cc3)cc2)n1. The van der Waals surface area contributed by atoms with E-state index in [1.165, 1.54) is 12.1 Å². The molecule has 0 saturated heterocycles. The zero-order valence-corrected chi connectivity index (χ0v) is 14.7. The molecule has 1 unspecified atom stereocenters. The second-order valence-corrected chi connectivity index (χ2v) is 7.45. The largest absolute Gasteiger partial charge is 0.339 e. The van der Waals surface area contributed by atoms with E-state index in [0.29, 0.717) is 23.8 Å². The van der Waals surface area contributed by atoms with E-state index in [1.807, 2.05) is 0 Å². The van der Waals surface area contributed by atoms with Crippen molar-refractivity contribution in [2.45, 2.75) is 24.3 Å². The molecular weight excluding hydrogens is 359 g/mol. The van der Waals surface area contributed by atoms with Gasteiger partial charge in [-0.3, -0.25) is 4.72 Å².